The Labute approximate surface area is 99.2 Å². The normalized spacial score (nSPS) is 9.24. The number of ether oxygens (including phenoxy) is 1. The first-order valence-corrected chi connectivity index (χ1v) is 4.91. The highest BCUT2D eigenvalue weighted by molar-refractivity contribution is 5.95. The number of nitrogens with zero attached hydrogens (tertiary/aromatic N) is 2. The fourth-order valence-electron chi connectivity index (χ4n) is 1.24. The van der Waals surface area contributed by atoms with Crippen LogP contribution >= 0.6 is 0 Å². The SMILES string of the molecule is COC(=O)CN(C)C(=O)c1ccc(C#N)cc1. The summed E-state index contributed by atoms with van der Waals surface area (Å²) in [5.41, 5.74) is 0.910. The van der Waals surface area contributed by atoms with Crippen molar-refractivity contribution in [1.82, 2.24) is 4.90 Å². The minimum atomic E-state index is -0.477. The highest BCUT2D eigenvalue weighted by Crippen LogP contribution is 2.06. The second-order valence-corrected chi connectivity index (χ2v) is 3.43. The lowest BCUT2D eigenvalue weighted by Gasteiger charge is -2.15. The van der Waals surface area contributed by atoms with E-state index in [0.717, 1.165) is 0 Å². The number of nitriles is 1. The van der Waals surface area contributed by atoms with Crippen molar-refractivity contribution >= 4 is 11.9 Å². The van der Waals surface area contributed by atoms with Crippen LogP contribution in [-0.4, -0.2) is 37.5 Å². The summed E-state index contributed by atoms with van der Waals surface area (Å²) in [7, 11) is 2.78. The molecule has 1 rings (SSSR count). The first kappa shape index (κ1) is 12.7. The average Bonchev–Trinajstić information content (AvgIpc) is 2.37. The Balaban J connectivity index is 2.75. The fraction of sp³-hybridized carbons (Fsp3) is 0.250. The number of carbonyl (C=O) groups excluding carboxylic acids is 2. The Bertz CT molecular complexity index is 460. The maximum Gasteiger partial charge on any atom is 0.325 e. The van der Waals surface area contributed by atoms with Gasteiger partial charge in [-0.3, -0.25) is 9.59 Å². The van der Waals surface area contributed by atoms with Crippen molar-refractivity contribution < 1.29 is 14.3 Å². The van der Waals surface area contributed by atoms with Crippen LogP contribution < -0.4 is 0 Å². The van der Waals surface area contributed by atoms with Crippen molar-refractivity contribution in [3.05, 3.63) is 35.4 Å². The third-order valence-corrected chi connectivity index (χ3v) is 2.20. The van der Waals surface area contributed by atoms with Crippen molar-refractivity contribution in [1.29, 1.82) is 5.26 Å². The van der Waals surface area contributed by atoms with E-state index in [1.807, 2.05) is 6.07 Å². The van der Waals surface area contributed by atoms with Crippen LogP contribution in [0.2, 0.25) is 0 Å². The molecule has 0 fully saturated rings. The van der Waals surface area contributed by atoms with Crippen LogP contribution in [-0.2, 0) is 9.53 Å². The van der Waals surface area contributed by atoms with Gasteiger partial charge in [0, 0.05) is 12.6 Å². The second-order valence-electron chi connectivity index (χ2n) is 3.43. The Kier molecular flexibility index (Phi) is 4.23. The molecule has 0 bridgehead atoms. The van der Waals surface area contributed by atoms with Gasteiger partial charge in [-0.2, -0.15) is 5.26 Å². The van der Waals surface area contributed by atoms with Gasteiger partial charge in [0.05, 0.1) is 18.7 Å². The molecule has 0 aliphatic carbocycles. The minimum Gasteiger partial charge on any atom is -0.468 e. The summed E-state index contributed by atoms with van der Waals surface area (Å²) in [6, 6.07) is 8.17. The lowest BCUT2D eigenvalue weighted by molar-refractivity contribution is -0.141. The monoisotopic (exact) mass is 232 g/mol. The summed E-state index contributed by atoms with van der Waals surface area (Å²) in [4.78, 5) is 24.1. The van der Waals surface area contributed by atoms with Gasteiger partial charge in [0.15, 0.2) is 0 Å². The minimum absolute atomic E-state index is 0.102. The van der Waals surface area contributed by atoms with Crippen LogP contribution in [0.1, 0.15) is 15.9 Å². The van der Waals surface area contributed by atoms with Gasteiger partial charge in [-0.15, -0.1) is 0 Å². The zero-order valence-corrected chi connectivity index (χ0v) is 9.64. The molecule has 1 aromatic carbocycles. The van der Waals surface area contributed by atoms with E-state index >= 15 is 0 Å². The number of likely N-dealkylation sites (N-methyl/N-ethyl adjacent to an activating group) is 1. The summed E-state index contributed by atoms with van der Waals surface area (Å²) in [5, 5.41) is 8.62. The van der Waals surface area contributed by atoms with Crippen LogP contribution in [0.5, 0.6) is 0 Å². The molecule has 1 amide bonds. The lowest BCUT2D eigenvalue weighted by Crippen LogP contribution is -2.32. The number of rotatable bonds is 3. The van der Waals surface area contributed by atoms with E-state index in [1.54, 1.807) is 24.3 Å². The van der Waals surface area contributed by atoms with Crippen LogP contribution in [0.25, 0.3) is 0 Å². The summed E-state index contributed by atoms with van der Waals surface area (Å²) in [6.07, 6.45) is 0. The molecule has 0 aliphatic heterocycles. The molecule has 0 saturated carbocycles. The molecule has 1 aromatic rings. The van der Waals surface area contributed by atoms with Gasteiger partial charge in [-0.25, -0.2) is 0 Å². The molecule has 0 spiro atoms. The molecule has 0 N–H and O–H groups in total. The number of carbonyl (C=O) groups is 2. The topological polar surface area (TPSA) is 70.4 Å². The zero-order chi connectivity index (χ0) is 12.8. The van der Waals surface area contributed by atoms with Crippen molar-refractivity contribution in [3.63, 3.8) is 0 Å². The molecular formula is C12H12N2O3. The first-order valence-electron chi connectivity index (χ1n) is 4.91. The molecule has 0 heterocycles. The molecule has 88 valence electrons. The largest absolute Gasteiger partial charge is 0.468 e. The molecular weight excluding hydrogens is 220 g/mol. The molecule has 5 nitrogen and oxygen atoms in total. The molecule has 0 saturated heterocycles. The van der Waals surface area contributed by atoms with Crippen molar-refractivity contribution in [3.8, 4) is 6.07 Å². The highest BCUT2D eigenvalue weighted by atomic mass is 16.5. The summed E-state index contributed by atoms with van der Waals surface area (Å²) in [5.74, 6) is -0.769. The Morgan fingerprint density at radius 1 is 1.35 bits per heavy atom. The molecule has 5 heteroatoms. The van der Waals surface area contributed by atoms with E-state index < -0.39 is 5.97 Å². The van der Waals surface area contributed by atoms with Crippen LogP contribution in [0.4, 0.5) is 0 Å². The van der Waals surface area contributed by atoms with Gasteiger partial charge < -0.3 is 9.64 Å². The maximum atomic E-state index is 11.8. The third kappa shape index (κ3) is 3.31. The third-order valence-electron chi connectivity index (χ3n) is 2.20. The van der Waals surface area contributed by atoms with E-state index in [0.29, 0.717) is 11.1 Å². The van der Waals surface area contributed by atoms with E-state index in [9.17, 15) is 9.59 Å². The van der Waals surface area contributed by atoms with Gasteiger partial charge in [-0.05, 0) is 24.3 Å². The molecule has 0 aromatic heterocycles. The van der Waals surface area contributed by atoms with Crippen molar-refractivity contribution in [2.75, 3.05) is 20.7 Å². The molecule has 0 radical (unpaired) electrons. The van der Waals surface area contributed by atoms with Gasteiger partial charge >= 0.3 is 5.97 Å². The zero-order valence-electron chi connectivity index (χ0n) is 9.64. The number of esters is 1. The fourth-order valence-corrected chi connectivity index (χ4v) is 1.24. The standard InChI is InChI=1S/C12H12N2O3/c1-14(8-11(15)17-2)12(16)10-5-3-9(7-13)4-6-10/h3-6H,8H2,1-2H3. The smallest absolute Gasteiger partial charge is 0.325 e. The highest BCUT2D eigenvalue weighted by Gasteiger charge is 2.14. The van der Waals surface area contributed by atoms with E-state index in [-0.39, 0.29) is 12.5 Å². The molecule has 0 atom stereocenters. The predicted octanol–water partition coefficient (Wildman–Crippen LogP) is 0.803. The Morgan fingerprint density at radius 3 is 2.41 bits per heavy atom. The van der Waals surface area contributed by atoms with E-state index in [1.165, 1.54) is 19.1 Å². The Hall–Kier alpha value is -2.35. The summed E-state index contributed by atoms with van der Waals surface area (Å²) in [6.45, 7) is -0.102. The van der Waals surface area contributed by atoms with Gasteiger partial charge in [0.1, 0.15) is 6.54 Å². The average molecular weight is 232 g/mol. The number of amides is 1. The summed E-state index contributed by atoms with van der Waals surface area (Å²) < 4.78 is 4.47. The lowest BCUT2D eigenvalue weighted by atomic mass is 10.1. The van der Waals surface area contributed by atoms with Crippen molar-refractivity contribution in [2.45, 2.75) is 0 Å². The molecule has 0 aliphatic rings. The number of hydrogen-bond donors (Lipinski definition) is 0. The van der Waals surface area contributed by atoms with Crippen molar-refractivity contribution in [2.24, 2.45) is 0 Å². The van der Waals surface area contributed by atoms with Gasteiger partial charge in [0.25, 0.3) is 5.91 Å². The van der Waals surface area contributed by atoms with Gasteiger partial charge in [0.2, 0.25) is 0 Å². The quantitative estimate of drug-likeness (QED) is 0.723. The predicted molar refractivity (Wildman–Crippen MR) is 60.1 cm³/mol. The second kappa shape index (κ2) is 5.66. The van der Waals surface area contributed by atoms with Crippen LogP contribution in [0.15, 0.2) is 24.3 Å². The van der Waals surface area contributed by atoms with E-state index in [4.69, 9.17) is 5.26 Å². The number of hydrogen-bond acceptors (Lipinski definition) is 4. The maximum absolute atomic E-state index is 11.8. The van der Waals surface area contributed by atoms with Crippen LogP contribution in [0, 0.1) is 11.3 Å². The first-order chi connectivity index (χ1) is 8.08. The number of methoxy groups -OCH3 is 1. The molecule has 17 heavy (non-hydrogen) atoms. The van der Waals surface area contributed by atoms with Crippen LogP contribution in [0.3, 0.4) is 0 Å². The van der Waals surface area contributed by atoms with Gasteiger partial charge in [-0.1, -0.05) is 0 Å². The Morgan fingerprint density at radius 2 is 1.94 bits per heavy atom. The number of benzene rings is 1. The van der Waals surface area contributed by atoms with E-state index in [2.05, 4.69) is 4.74 Å². The molecule has 0 unspecified atom stereocenters. The summed E-state index contributed by atoms with van der Waals surface area (Å²) >= 11 is 0.